The van der Waals surface area contributed by atoms with E-state index in [0.29, 0.717) is 5.56 Å². The van der Waals surface area contributed by atoms with E-state index in [2.05, 4.69) is 4.74 Å². The zero-order valence-corrected chi connectivity index (χ0v) is 10.8. The van der Waals surface area contributed by atoms with Crippen LogP contribution in [0.2, 0.25) is 0 Å². The monoisotopic (exact) mass is 274 g/mol. The normalized spacial score (nSPS) is 23.7. The molecular weight excluding hydrogens is 264 g/mol. The first-order valence-corrected chi connectivity index (χ1v) is 5.87. The summed E-state index contributed by atoms with van der Waals surface area (Å²) < 4.78 is 15.1. The average Bonchev–Trinajstić information content (AvgIpc) is 2.86. The number of carbonyl (C=O) groups excluding carboxylic acids is 3. The van der Waals surface area contributed by atoms with E-state index in [1.807, 2.05) is 0 Å². The van der Waals surface area contributed by atoms with E-state index in [1.165, 1.54) is 13.0 Å². The zero-order valence-electron chi connectivity index (χ0n) is 10.8. The van der Waals surface area contributed by atoms with Crippen LogP contribution in [0, 0.1) is 0 Å². The molecule has 2 heterocycles. The molecule has 0 N–H and O–H groups in total. The largest absolute Gasteiger partial charge is 0.465 e. The maximum atomic E-state index is 12.5. The van der Waals surface area contributed by atoms with E-state index in [1.54, 1.807) is 18.2 Å². The molecule has 0 bridgehead atoms. The molecule has 0 aliphatic carbocycles. The van der Waals surface area contributed by atoms with E-state index in [4.69, 9.17) is 9.47 Å². The van der Waals surface area contributed by atoms with Crippen LogP contribution in [0.3, 0.4) is 0 Å². The lowest BCUT2D eigenvalue weighted by molar-refractivity contribution is -0.178. The summed E-state index contributed by atoms with van der Waals surface area (Å²) >= 11 is 0. The minimum Gasteiger partial charge on any atom is -0.465 e. The molecule has 2 aliphatic heterocycles. The van der Waals surface area contributed by atoms with Crippen LogP contribution in [0.1, 0.15) is 22.8 Å². The molecule has 1 spiro atoms. The summed E-state index contributed by atoms with van der Waals surface area (Å²) in [5.41, 5.74) is 0.310. The Hall–Kier alpha value is -2.63. The fraction of sp³-hybridized carbons (Fsp3) is 0.214. The number of methoxy groups -OCH3 is 1. The van der Waals surface area contributed by atoms with Gasteiger partial charge in [0.2, 0.25) is 0 Å². The van der Waals surface area contributed by atoms with Gasteiger partial charge in [-0.25, -0.2) is 9.59 Å². The predicted molar refractivity (Wildman–Crippen MR) is 64.3 cm³/mol. The van der Waals surface area contributed by atoms with Gasteiger partial charge in [0.1, 0.15) is 11.3 Å². The van der Waals surface area contributed by atoms with Crippen LogP contribution in [0.4, 0.5) is 0 Å². The number of ketones is 1. The van der Waals surface area contributed by atoms with Crippen molar-refractivity contribution >= 4 is 17.7 Å². The summed E-state index contributed by atoms with van der Waals surface area (Å²) in [5, 5.41) is 0. The number of esters is 2. The van der Waals surface area contributed by atoms with Gasteiger partial charge in [0.25, 0.3) is 5.78 Å². The van der Waals surface area contributed by atoms with Crippen LogP contribution >= 0.6 is 0 Å². The van der Waals surface area contributed by atoms with Gasteiger partial charge in [0, 0.05) is 0 Å². The second-order valence-corrected chi connectivity index (χ2v) is 4.41. The Morgan fingerprint density at radius 2 is 1.90 bits per heavy atom. The highest BCUT2D eigenvalue weighted by atomic mass is 16.7. The molecule has 20 heavy (non-hydrogen) atoms. The van der Waals surface area contributed by atoms with E-state index >= 15 is 0 Å². The molecule has 0 saturated heterocycles. The molecule has 6 nitrogen and oxygen atoms in total. The number of benzene rings is 1. The quantitative estimate of drug-likeness (QED) is 0.562. The minimum absolute atomic E-state index is 0.0753. The fourth-order valence-electron chi connectivity index (χ4n) is 2.41. The van der Waals surface area contributed by atoms with E-state index in [-0.39, 0.29) is 16.9 Å². The van der Waals surface area contributed by atoms with Gasteiger partial charge in [-0.05, 0) is 19.1 Å². The van der Waals surface area contributed by atoms with E-state index in [9.17, 15) is 14.4 Å². The van der Waals surface area contributed by atoms with Crippen LogP contribution in [0.15, 0.2) is 35.6 Å². The Morgan fingerprint density at radius 1 is 1.20 bits per heavy atom. The number of hydrogen-bond acceptors (Lipinski definition) is 6. The Morgan fingerprint density at radius 3 is 2.60 bits per heavy atom. The fourth-order valence-corrected chi connectivity index (χ4v) is 2.41. The Balaban J connectivity index is 2.14. The van der Waals surface area contributed by atoms with Crippen LogP contribution < -0.4 is 0 Å². The van der Waals surface area contributed by atoms with Crippen molar-refractivity contribution in [2.45, 2.75) is 12.7 Å². The first-order valence-electron chi connectivity index (χ1n) is 5.87. The van der Waals surface area contributed by atoms with Crippen molar-refractivity contribution < 1.29 is 28.6 Å². The maximum Gasteiger partial charge on any atom is 0.347 e. The van der Waals surface area contributed by atoms with Gasteiger partial charge in [-0.2, -0.15) is 0 Å². The minimum atomic E-state index is -1.89. The van der Waals surface area contributed by atoms with E-state index < -0.39 is 23.5 Å². The van der Waals surface area contributed by atoms with Gasteiger partial charge in [-0.1, -0.05) is 12.1 Å². The summed E-state index contributed by atoms with van der Waals surface area (Å²) in [6.45, 7) is 1.45. The third kappa shape index (κ3) is 1.36. The maximum absolute atomic E-state index is 12.5. The van der Waals surface area contributed by atoms with Crippen molar-refractivity contribution in [3.8, 4) is 0 Å². The molecule has 0 saturated carbocycles. The number of carbonyl (C=O) groups is 3. The Labute approximate surface area is 113 Å². The molecule has 3 rings (SSSR count). The lowest BCUT2D eigenvalue weighted by Crippen LogP contribution is -2.36. The molecule has 1 atom stereocenters. The van der Waals surface area contributed by atoms with Crippen molar-refractivity contribution in [3.05, 3.63) is 46.7 Å². The van der Waals surface area contributed by atoms with Crippen molar-refractivity contribution in [1.82, 2.24) is 0 Å². The number of allylic oxidation sites excluding steroid dienone is 1. The highest BCUT2D eigenvalue weighted by Crippen LogP contribution is 2.45. The summed E-state index contributed by atoms with van der Waals surface area (Å²) in [7, 11) is 1.16. The average molecular weight is 274 g/mol. The molecule has 0 radical (unpaired) electrons. The van der Waals surface area contributed by atoms with Gasteiger partial charge in [-0.3, -0.25) is 4.79 Å². The molecule has 102 valence electrons. The number of hydrogen-bond donors (Lipinski definition) is 0. The number of rotatable bonds is 1. The van der Waals surface area contributed by atoms with Crippen LogP contribution in [-0.2, 0) is 29.6 Å². The number of ether oxygens (including phenoxy) is 3. The molecule has 1 unspecified atom stereocenters. The third-order valence-corrected chi connectivity index (χ3v) is 3.30. The Kier molecular flexibility index (Phi) is 2.44. The smallest absolute Gasteiger partial charge is 0.347 e. The summed E-state index contributed by atoms with van der Waals surface area (Å²) in [4.78, 5) is 36.0. The van der Waals surface area contributed by atoms with Gasteiger partial charge < -0.3 is 14.2 Å². The number of fused-ring (bicyclic) bond motifs is 2. The molecule has 1 aromatic rings. The van der Waals surface area contributed by atoms with Crippen LogP contribution in [-0.4, -0.2) is 24.8 Å². The summed E-state index contributed by atoms with van der Waals surface area (Å²) in [6, 6.07) is 6.41. The SMILES string of the molecule is COC(=O)C1=C(C)OC2(OC(=O)c3ccccc32)C1=O. The lowest BCUT2D eigenvalue weighted by Gasteiger charge is -2.21. The van der Waals surface area contributed by atoms with Gasteiger partial charge in [-0.15, -0.1) is 0 Å². The molecule has 1 aromatic carbocycles. The first kappa shape index (κ1) is 12.4. The van der Waals surface area contributed by atoms with Gasteiger partial charge >= 0.3 is 17.7 Å². The predicted octanol–water partition coefficient (Wildman–Crippen LogP) is 1.06. The number of Topliss-reactive ketones (excluding diaryl/α,β-unsaturated/α-hetero) is 1. The summed E-state index contributed by atoms with van der Waals surface area (Å²) in [6.07, 6.45) is 0. The highest BCUT2D eigenvalue weighted by Gasteiger charge is 2.60. The van der Waals surface area contributed by atoms with Gasteiger partial charge in [0.15, 0.2) is 0 Å². The third-order valence-electron chi connectivity index (χ3n) is 3.30. The molecule has 6 heteroatoms. The molecule has 0 aromatic heterocycles. The second kappa shape index (κ2) is 3.93. The topological polar surface area (TPSA) is 78.9 Å². The van der Waals surface area contributed by atoms with Crippen molar-refractivity contribution in [3.63, 3.8) is 0 Å². The second-order valence-electron chi connectivity index (χ2n) is 4.41. The van der Waals surface area contributed by atoms with Crippen molar-refractivity contribution in [2.75, 3.05) is 7.11 Å². The van der Waals surface area contributed by atoms with Gasteiger partial charge in [0.05, 0.1) is 18.2 Å². The van der Waals surface area contributed by atoms with Crippen molar-refractivity contribution in [2.24, 2.45) is 0 Å². The molecule has 0 fully saturated rings. The van der Waals surface area contributed by atoms with Crippen molar-refractivity contribution in [1.29, 1.82) is 0 Å². The standard InChI is InChI=1S/C14H10O6/c1-7-10(13(17)18-2)11(15)14(19-7)9-6-4-3-5-8(9)12(16)20-14/h3-6H,1-2H3. The first-order chi connectivity index (χ1) is 9.51. The molecule has 2 aliphatic rings. The Bertz CT molecular complexity index is 687. The zero-order chi connectivity index (χ0) is 14.5. The van der Waals surface area contributed by atoms with Crippen LogP contribution in [0.25, 0.3) is 0 Å². The summed E-state index contributed by atoms with van der Waals surface area (Å²) in [5.74, 6) is -4.01. The molecule has 0 amide bonds. The van der Waals surface area contributed by atoms with Crippen LogP contribution in [0.5, 0.6) is 0 Å². The van der Waals surface area contributed by atoms with E-state index in [0.717, 1.165) is 7.11 Å². The lowest BCUT2D eigenvalue weighted by atomic mass is 9.96. The molecular formula is C14H10O6. The highest BCUT2D eigenvalue weighted by molar-refractivity contribution is 6.23.